The fourth-order valence-corrected chi connectivity index (χ4v) is 2.77. The first-order valence-corrected chi connectivity index (χ1v) is 6.99. The summed E-state index contributed by atoms with van der Waals surface area (Å²) in [6, 6.07) is 7.85. The van der Waals surface area contributed by atoms with Crippen LogP contribution in [-0.4, -0.2) is 15.0 Å². The van der Waals surface area contributed by atoms with Crippen molar-refractivity contribution >= 4 is 29.2 Å². The first-order valence-electron chi connectivity index (χ1n) is 5.73. The number of hydrogen-bond acceptors (Lipinski definition) is 3. The summed E-state index contributed by atoms with van der Waals surface area (Å²) in [7, 11) is 1.82. The molecule has 0 fully saturated rings. The van der Waals surface area contributed by atoms with Gasteiger partial charge in [-0.25, -0.2) is 0 Å². The standard InChI is InChI=1S/C13H16ClN3S/c1-8(2)18-12-5-4-9(6-10(12)14)11-7-13(15)17(3)16-11/h4-8H,15H2,1-3H3. The molecular formula is C13H16ClN3S. The zero-order valence-corrected chi connectivity index (χ0v) is 12.2. The van der Waals surface area contributed by atoms with E-state index in [1.54, 1.807) is 16.4 Å². The number of aryl methyl sites for hydroxylation is 1. The van der Waals surface area contributed by atoms with Gasteiger partial charge in [-0.05, 0) is 12.1 Å². The number of hydrogen-bond donors (Lipinski definition) is 1. The van der Waals surface area contributed by atoms with Crippen molar-refractivity contribution < 1.29 is 0 Å². The second-order valence-corrected chi connectivity index (χ2v) is 6.42. The van der Waals surface area contributed by atoms with E-state index in [0.717, 1.165) is 21.2 Å². The van der Waals surface area contributed by atoms with Gasteiger partial charge in [0, 0.05) is 28.8 Å². The number of thioether (sulfide) groups is 1. The minimum atomic E-state index is 0.513. The van der Waals surface area contributed by atoms with Crippen LogP contribution in [-0.2, 0) is 7.05 Å². The molecule has 0 saturated carbocycles. The summed E-state index contributed by atoms with van der Waals surface area (Å²) in [5, 5.41) is 5.61. The lowest BCUT2D eigenvalue weighted by Gasteiger charge is -2.08. The van der Waals surface area contributed by atoms with E-state index in [1.807, 2.05) is 31.3 Å². The minimum Gasteiger partial charge on any atom is -0.384 e. The summed E-state index contributed by atoms with van der Waals surface area (Å²) in [4.78, 5) is 1.10. The van der Waals surface area contributed by atoms with Gasteiger partial charge < -0.3 is 5.73 Å². The summed E-state index contributed by atoms with van der Waals surface area (Å²) in [6.45, 7) is 4.29. The highest BCUT2D eigenvalue weighted by Crippen LogP contribution is 2.33. The molecule has 0 aliphatic carbocycles. The SMILES string of the molecule is CC(C)Sc1ccc(-c2cc(N)n(C)n2)cc1Cl. The van der Waals surface area contributed by atoms with Gasteiger partial charge in [0.25, 0.3) is 0 Å². The van der Waals surface area contributed by atoms with Crippen molar-refractivity contribution in [2.75, 3.05) is 5.73 Å². The molecule has 0 aliphatic heterocycles. The Morgan fingerprint density at radius 1 is 1.33 bits per heavy atom. The predicted octanol–water partition coefficient (Wildman–Crippen LogP) is 3.82. The average molecular weight is 282 g/mol. The minimum absolute atomic E-state index is 0.513. The fraction of sp³-hybridized carbons (Fsp3) is 0.308. The largest absolute Gasteiger partial charge is 0.384 e. The normalized spacial score (nSPS) is 11.2. The van der Waals surface area contributed by atoms with Crippen molar-refractivity contribution in [3.05, 3.63) is 29.3 Å². The van der Waals surface area contributed by atoms with Gasteiger partial charge >= 0.3 is 0 Å². The first-order chi connectivity index (χ1) is 8.47. The van der Waals surface area contributed by atoms with Gasteiger partial charge in [-0.2, -0.15) is 5.10 Å². The third kappa shape index (κ3) is 2.82. The molecule has 1 aromatic heterocycles. The fourth-order valence-electron chi connectivity index (χ4n) is 1.63. The van der Waals surface area contributed by atoms with E-state index in [9.17, 15) is 0 Å². The highest BCUT2D eigenvalue weighted by Gasteiger charge is 2.09. The lowest BCUT2D eigenvalue weighted by atomic mass is 10.1. The molecule has 0 atom stereocenters. The molecule has 96 valence electrons. The van der Waals surface area contributed by atoms with E-state index < -0.39 is 0 Å². The van der Waals surface area contributed by atoms with Crippen molar-refractivity contribution in [1.82, 2.24) is 9.78 Å². The Balaban J connectivity index is 2.33. The van der Waals surface area contributed by atoms with E-state index in [0.29, 0.717) is 11.1 Å². The smallest absolute Gasteiger partial charge is 0.121 e. The number of anilines is 1. The Morgan fingerprint density at radius 3 is 2.56 bits per heavy atom. The molecule has 5 heteroatoms. The third-order valence-electron chi connectivity index (χ3n) is 2.51. The summed E-state index contributed by atoms with van der Waals surface area (Å²) >= 11 is 8.04. The highest BCUT2D eigenvalue weighted by molar-refractivity contribution is 8.00. The van der Waals surface area contributed by atoms with Crippen molar-refractivity contribution in [2.24, 2.45) is 7.05 Å². The number of rotatable bonds is 3. The maximum Gasteiger partial charge on any atom is 0.121 e. The molecule has 2 N–H and O–H groups in total. The zero-order chi connectivity index (χ0) is 13.3. The molecule has 0 aliphatic rings. The van der Waals surface area contributed by atoms with Gasteiger partial charge in [0.05, 0.1) is 10.7 Å². The molecule has 1 heterocycles. The van der Waals surface area contributed by atoms with Crippen LogP contribution in [0.4, 0.5) is 5.82 Å². The van der Waals surface area contributed by atoms with E-state index in [1.165, 1.54) is 0 Å². The highest BCUT2D eigenvalue weighted by atomic mass is 35.5. The van der Waals surface area contributed by atoms with E-state index in [4.69, 9.17) is 17.3 Å². The molecule has 18 heavy (non-hydrogen) atoms. The van der Waals surface area contributed by atoms with Crippen LogP contribution in [0, 0.1) is 0 Å². The van der Waals surface area contributed by atoms with Crippen molar-refractivity contribution in [1.29, 1.82) is 0 Å². The predicted molar refractivity (Wildman–Crippen MR) is 79.1 cm³/mol. The first kappa shape index (κ1) is 13.3. The maximum absolute atomic E-state index is 6.28. The molecule has 0 saturated heterocycles. The number of nitrogens with two attached hydrogens (primary N) is 1. The number of aromatic nitrogens is 2. The second-order valence-electron chi connectivity index (χ2n) is 4.39. The van der Waals surface area contributed by atoms with E-state index >= 15 is 0 Å². The Labute approximate surface area is 116 Å². The summed E-state index contributed by atoms with van der Waals surface area (Å²) in [6.07, 6.45) is 0. The topological polar surface area (TPSA) is 43.8 Å². The summed E-state index contributed by atoms with van der Waals surface area (Å²) in [5.74, 6) is 0.641. The molecule has 1 aromatic carbocycles. The van der Waals surface area contributed by atoms with Crippen LogP contribution >= 0.6 is 23.4 Å². The third-order valence-corrected chi connectivity index (χ3v) is 4.01. The molecule has 3 nitrogen and oxygen atoms in total. The second kappa shape index (κ2) is 5.24. The van der Waals surface area contributed by atoms with Gasteiger partial charge in [-0.3, -0.25) is 4.68 Å². The van der Waals surface area contributed by atoms with Gasteiger partial charge in [0.2, 0.25) is 0 Å². The van der Waals surface area contributed by atoms with Gasteiger partial charge in [-0.1, -0.05) is 31.5 Å². The number of halogens is 1. The monoisotopic (exact) mass is 281 g/mol. The van der Waals surface area contributed by atoms with E-state index in [-0.39, 0.29) is 0 Å². The quantitative estimate of drug-likeness (QED) is 0.870. The average Bonchev–Trinajstić information content (AvgIpc) is 2.62. The molecular weight excluding hydrogens is 266 g/mol. The van der Waals surface area contributed by atoms with Crippen LogP contribution in [0.15, 0.2) is 29.2 Å². The van der Waals surface area contributed by atoms with Crippen LogP contribution in [0.5, 0.6) is 0 Å². The summed E-state index contributed by atoms with van der Waals surface area (Å²) < 4.78 is 1.65. The van der Waals surface area contributed by atoms with Gasteiger partial charge in [-0.15, -0.1) is 11.8 Å². The van der Waals surface area contributed by atoms with Crippen LogP contribution in [0.25, 0.3) is 11.3 Å². The van der Waals surface area contributed by atoms with Crippen molar-refractivity contribution in [2.45, 2.75) is 24.0 Å². The molecule has 0 bridgehead atoms. The molecule has 0 spiro atoms. The Hall–Kier alpha value is -1.13. The molecule has 2 rings (SSSR count). The lowest BCUT2D eigenvalue weighted by molar-refractivity contribution is 0.782. The van der Waals surface area contributed by atoms with Gasteiger partial charge in [0.15, 0.2) is 0 Å². The van der Waals surface area contributed by atoms with Crippen LogP contribution < -0.4 is 5.73 Å². The molecule has 0 amide bonds. The lowest BCUT2D eigenvalue weighted by Crippen LogP contribution is -1.96. The maximum atomic E-state index is 6.28. The molecule has 0 radical (unpaired) electrons. The van der Waals surface area contributed by atoms with Gasteiger partial charge in [0.1, 0.15) is 5.82 Å². The number of nitrogen functional groups attached to an aromatic ring is 1. The Morgan fingerprint density at radius 2 is 2.06 bits per heavy atom. The molecule has 2 aromatic rings. The zero-order valence-electron chi connectivity index (χ0n) is 10.6. The number of benzene rings is 1. The summed E-state index contributed by atoms with van der Waals surface area (Å²) in [5.41, 5.74) is 7.61. The number of nitrogens with zero attached hydrogens (tertiary/aromatic N) is 2. The van der Waals surface area contributed by atoms with Crippen LogP contribution in [0.3, 0.4) is 0 Å². The van der Waals surface area contributed by atoms with Crippen LogP contribution in [0.2, 0.25) is 5.02 Å². The van der Waals surface area contributed by atoms with Crippen molar-refractivity contribution in [3.63, 3.8) is 0 Å². The Bertz CT molecular complexity index is 544. The van der Waals surface area contributed by atoms with Crippen molar-refractivity contribution in [3.8, 4) is 11.3 Å². The van der Waals surface area contributed by atoms with E-state index in [2.05, 4.69) is 18.9 Å². The van der Waals surface area contributed by atoms with Crippen LogP contribution in [0.1, 0.15) is 13.8 Å². The Kier molecular flexibility index (Phi) is 3.88. The molecule has 0 unspecified atom stereocenters.